The van der Waals surface area contributed by atoms with E-state index in [-0.39, 0.29) is 5.54 Å². The molecule has 1 saturated heterocycles. The van der Waals surface area contributed by atoms with Gasteiger partial charge < -0.3 is 0 Å². The molecule has 2 heteroatoms. The van der Waals surface area contributed by atoms with Crippen LogP contribution in [0.15, 0.2) is 0 Å². The highest BCUT2D eigenvalue weighted by Gasteiger charge is 2.40. The Hall–Kier alpha value is -0.370. The molecule has 0 spiro atoms. The van der Waals surface area contributed by atoms with E-state index in [1.807, 2.05) is 0 Å². The van der Waals surface area contributed by atoms with E-state index in [0.29, 0.717) is 23.5 Å². The first-order valence-electron chi connectivity index (χ1n) is 6.68. The number of carbonyl (C=O) groups excluding carboxylic acids is 1. The fourth-order valence-electron chi connectivity index (χ4n) is 3.22. The van der Waals surface area contributed by atoms with E-state index in [4.69, 9.17) is 0 Å². The van der Waals surface area contributed by atoms with Crippen molar-refractivity contribution >= 4 is 5.78 Å². The fourth-order valence-corrected chi connectivity index (χ4v) is 3.22. The van der Waals surface area contributed by atoms with Crippen molar-refractivity contribution in [2.24, 2.45) is 17.8 Å². The number of hydrogen-bond donors (Lipinski definition) is 0. The van der Waals surface area contributed by atoms with Gasteiger partial charge in [0.2, 0.25) is 0 Å². The van der Waals surface area contributed by atoms with Crippen LogP contribution in [0.25, 0.3) is 0 Å². The first-order chi connectivity index (χ1) is 7.39. The van der Waals surface area contributed by atoms with Gasteiger partial charge in [0.05, 0.1) is 0 Å². The molecule has 16 heavy (non-hydrogen) atoms. The summed E-state index contributed by atoms with van der Waals surface area (Å²) in [6.07, 6.45) is 3.62. The van der Waals surface area contributed by atoms with Gasteiger partial charge in [-0.15, -0.1) is 0 Å². The van der Waals surface area contributed by atoms with Crippen LogP contribution < -0.4 is 0 Å². The molecule has 2 fully saturated rings. The Morgan fingerprint density at radius 2 is 1.88 bits per heavy atom. The number of fused-ring (bicyclic) bond motifs is 3. The Morgan fingerprint density at radius 3 is 2.50 bits per heavy atom. The number of nitrogens with zero attached hydrogens (tertiary/aromatic N) is 1. The van der Waals surface area contributed by atoms with Crippen molar-refractivity contribution in [3.05, 3.63) is 0 Å². The maximum Gasteiger partial charge on any atom is 0.140 e. The second kappa shape index (κ2) is 4.14. The molecule has 2 rings (SSSR count). The van der Waals surface area contributed by atoms with Crippen LogP contribution in [-0.4, -0.2) is 29.3 Å². The Bertz CT molecular complexity index is 279. The summed E-state index contributed by atoms with van der Waals surface area (Å²) in [7, 11) is 0. The van der Waals surface area contributed by atoms with E-state index in [0.717, 1.165) is 19.5 Å². The number of rotatable bonds is 0. The lowest BCUT2D eigenvalue weighted by molar-refractivity contribution is -0.126. The summed E-state index contributed by atoms with van der Waals surface area (Å²) < 4.78 is 0. The van der Waals surface area contributed by atoms with E-state index in [1.165, 1.54) is 12.8 Å². The van der Waals surface area contributed by atoms with Crippen LogP contribution in [0.5, 0.6) is 0 Å². The predicted octanol–water partition coefficient (Wildman–Crippen LogP) is 2.72. The molecule has 1 heterocycles. The average molecular weight is 223 g/mol. The van der Waals surface area contributed by atoms with Gasteiger partial charge in [-0.2, -0.15) is 0 Å². The van der Waals surface area contributed by atoms with E-state index < -0.39 is 0 Å². The van der Waals surface area contributed by atoms with Gasteiger partial charge >= 0.3 is 0 Å². The molecule has 2 bridgehead atoms. The molecule has 1 aliphatic heterocycles. The maximum absolute atomic E-state index is 12.3. The summed E-state index contributed by atoms with van der Waals surface area (Å²) in [6.45, 7) is 11.1. The molecule has 1 aliphatic carbocycles. The minimum atomic E-state index is 0.207. The van der Waals surface area contributed by atoms with Crippen LogP contribution in [0.1, 0.15) is 47.0 Å². The maximum atomic E-state index is 12.3. The molecule has 2 nitrogen and oxygen atoms in total. The largest absolute Gasteiger partial charge is 0.299 e. The summed E-state index contributed by atoms with van der Waals surface area (Å²) in [5.41, 5.74) is 0.207. The third-order valence-corrected chi connectivity index (χ3v) is 4.53. The number of ketones is 1. The Kier molecular flexibility index (Phi) is 3.13. The highest BCUT2D eigenvalue weighted by molar-refractivity contribution is 5.84. The summed E-state index contributed by atoms with van der Waals surface area (Å²) >= 11 is 0. The van der Waals surface area contributed by atoms with Gasteiger partial charge in [0, 0.05) is 30.5 Å². The Labute approximate surface area is 99.4 Å². The van der Waals surface area contributed by atoms with Gasteiger partial charge in [-0.1, -0.05) is 13.3 Å². The van der Waals surface area contributed by atoms with Gasteiger partial charge in [0.1, 0.15) is 5.78 Å². The molecule has 0 aromatic carbocycles. The summed E-state index contributed by atoms with van der Waals surface area (Å²) in [6, 6.07) is 0. The highest BCUT2D eigenvalue weighted by Crippen LogP contribution is 2.36. The van der Waals surface area contributed by atoms with Crippen LogP contribution in [0.3, 0.4) is 0 Å². The summed E-state index contributed by atoms with van der Waals surface area (Å²) in [5, 5.41) is 0. The molecule has 1 saturated carbocycles. The van der Waals surface area contributed by atoms with Crippen molar-refractivity contribution < 1.29 is 4.79 Å². The van der Waals surface area contributed by atoms with Gasteiger partial charge in [-0.05, 0) is 39.5 Å². The molecule has 0 aromatic heterocycles. The molecule has 0 radical (unpaired) electrons. The second-order valence-corrected chi connectivity index (χ2v) is 6.65. The molecular weight excluding hydrogens is 198 g/mol. The molecule has 0 aromatic rings. The minimum Gasteiger partial charge on any atom is -0.299 e. The van der Waals surface area contributed by atoms with Crippen LogP contribution in [-0.2, 0) is 4.79 Å². The highest BCUT2D eigenvalue weighted by atomic mass is 16.1. The fraction of sp³-hybridized carbons (Fsp3) is 0.929. The van der Waals surface area contributed by atoms with Crippen molar-refractivity contribution in [2.75, 3.05) is 13.1 Å². The third kappa shape index (κ3) is 2.17. The van der Waals surface area contributed by atoms with Gasteiger partial charge in [0.25, 0.3) is 0 Å². The zero-order valence-electron chi connectivity index (χ0n) is 11.1. The van der Waals surface area contributed by atoms with Crippen LogP contribution in [0.2, 0.25) is 0 Å². The third-order valence-electron chi connectivity index (χ3n) is 4.53. The molecule has 3 unspecified atom stereocenters. The molecule has 0 N–H and O–H groups in total. The lowest BCUT2D eigenvalue weighted by Crippen LogP contribution is -2.46. The Morgan fingerprint density at radius 1 is 1.19 bits per heavy atom. The van der Waals surface area contributed by atoms with Gasteiger partial charge in [0.15, 0.2) is 0 Å². The molecule has 0 amide bonds. The molecular formula is C14H25NO. The van der Waals surface area contributed by atoms with Gasteiger partial charge in [-0.3, -0.25) is 9.69 Å². The van der Waals surface area contributed by atoms with Crippen molar-refractivity contribution in [1.82, 2.24) is 4.90 Å². The van der Waals surface area contributed by atoms with Crippen molar-refractivity contribution in [3.8, 4) is 0 Å². The number of Topliss-reactive ketones (excluding diaryl/α,β-unsaturated/α-hetero) is 1. The molecule has 92 valence electrons. The minimum absolute atomic E-state index is 0.207. The van der Waals surface area contributed by atoms with Crippen molar-refractivity contribution in [1.29, 1.82) is 0 Å². The van der Waals surface area contributed by atoms with Gasteiger partial charge in [-0.25, -0.2) is 0 Å². The average Bonchev–Trinajstić information content (AvgIpc) is 2.31. The number of hydrogen-bond acceptors (Lipinski definition) is 2. The van der Waals surface area contributed by atoms with E-state index in [2.05, 4.69) is 32.6 Å². The zero-order valence-corrected chi connectivity index (χ0v) is 11.1. The number of likely N-dealkylation sites (tertiary alicyclic amines) is 1. The summed E-state index contributed by atoms with van der Waals surface area (Å²) in [5.74, 6) is 1.73. The lowest BCUT2D eigenvalue weighted by atomic mass is 9.87. The first-order valence-corrected chi connectivity index (χ1v) is 6.68. The van der Waals surface area contributed by atoms with Crippen molar-refractivity contribution in [3.63, 3.8) is 0 Å². The van der Waals surface area contributed by atoms with Crippen LogP contribution in [0.4, 0.5) is 0 Å². The van der Waals surface area contributed by atoms with Crippen LogP contribution >= 0.6 is 0 Å². The first kappa shape index (κ1) is 12.1. The SMILES string of the molecule is CC1C(=O)C2CCCC1CN(C(C)(C)C)C2. The zero-order chi connectivity index (χ0) is 11.9. The molecule has 3 atom stereocenters. The summed E-state index contributed by atoms with van der Waals surface area (Å²) in [4.78, 5) is 14.8. The Balaban J connectivity index is 2.24. The number of carbonyl (C=O) groups is 1. The lowest BCUT2D eigenvalue weighted by Gasteiger charge is -2.39. The predicted molar refractivity (Wildman–Crippen MR) is 66.3 cm³/mol. The van der Waals surface area contributed by atoms with E-state index in [9.17, 15) is 4.79 Å². The van der Waals surface area contributed by atoms with E-state index in [1.54, 1.807) is 0 Å². The topological polar surface area (TPSA) is 20.3 Å². The normalized spacial score (nSPS) is 37.2. The van der Waals surface area contributed by atoms with E-state index >= 15 is 0 Å². The standard InChI is InChI=1S/C14H25NO/c1-10-11-6-5-7-12(13(10)16)9-15(8-11)14(2,3)4/h10-12H,5-9H2,1-4H3. The second-order valence-electron chi connectivity index (χ2n) is 6.65. The quantitative estimate of drug-likeness (QED) is 0.629. The van der Waals surface area contributed by atoms with Crippen LogP contribution in [0, 0.1) is 17.8 Å². The van der Waals surface area contributed by atoms with Crippen molar-refractivity contribution in [2.45, 2.75) is 52.5 Å². The molecule has 2 aliphatic rings. The smallest absolute Gasteiger partial charge is 0.140 e. The monoisotopic (exact) mass is 223 g/mol.